The van der Waals surface area contributed by atoms with Crippen molar-refractivity contribution in [2.45, 2.75) is 49.5 Å². The third kappa shape index (κ3) is 7.08. The Balaban J connectivity index is 1.50. The molecule has 1 aliphatic carbocycles. The number of amides is 1. The number of imidazole rings is 1. The number of rotatable bonds is 10. The van der Waals surface area contributed by atoms with Crippen LogP contribution in [-0.4, -0.2) is 47.6 Å². The summed E-state index contributed by atoms with van der Waals surface area (Å²) in [5.41, 5.74) is 0.261. The predicted molar refractivity (Wildman–Crippen MR) is 152 cm³/mol. The summed E-state index contributed by atoms with van der Waals surface area (Å²) >= 11 is 6.30. The lowest BCUT2D eigenvalue weighted by molar-refractivity contribution is 0.167. The largest absolute Gasteiger partial charge is 0.453 e. The fourth-order valence-corrected chi connectivity index (χ4v) is 5.69. The van der Waals surface area contributed by atoms with E-state index in [0.29, 0.717) is 54.1 Å². The minimum atomic E-state index is -4.60. The van der Waals surface area contributed by atoms with Gasteiger partial charge in [0.05, 0.1) is 29.1 Å². The van der Waals surface area contributed by atoms with Crippen LogP contribution in [0, 0.1) is 17.5 Å². The molecule has 0 bridgehead atoms. The Bertz CT molecular complexity index is 1780. The Labute approximate surface area is 250 Å². The first kappa shape index (κ1) is 30.3. The van der Waals surface area contributed by atoms with Crippen molar-refractivity contribution >= 4 is 33.4 Å². The Morgan fingerprint density at radius 1 is 1.14 bits per heavy atom. The van der Waals surface area contributed by atoms with Crippen molar-refractivity contribution < 1.29 is 31.1 Å². The topological polar surface area (TPSA) is 139 Å². The normalized spacial score (nSPS) is 13.9. The number of halogens is 4. The highest BCUT2D eigenvalue weighted by Crippen LogP contribution is 2.43. The van der Waals surface area contributed by atoms with Gasteiger partial charge in [-0.3, -0.25) is 4.72 Å². The summed E-state index contributed by atoms with van der Waals surface area (Å²) in [5.74, 6) is -2.01. The van der Waals surface area contributed by atoms with E-state index in [2.05, 4.69) is 30.0 Å². The Morgan fingerprint density at radius 3 is 2.53 bits per heavy atom. The molecule has 2 aromatic carbocycles. The number of methoxy groups -OCH3 is 1. The van der Waals surface area contributed by atoms with Gasteiger partial charge in [-0.05, 0) is 56.5 Å². The van der Waals surface area contributed by atoms with E-state index in [0.717, 1.165) is 18.9 Å². The van der Waals surface area contributed by atoms with Crippen molar-refractivity contribution in [3.8, 4) is 22.6 Å². The standard InChI is InChI=1S/C28H26ClF3N6O4S/c1-14(34-28(39)42-2)3-6-23-33-8-7-21(35-23)26-25(36-27(37-26)15-4-5-15)20-9-16(29)10-22(24(20)32)38-43(40,41)19-12-17(30)11-18(31)13-19/h7-15,38H,3-6H2,1-2H3,(H,34,39)(H,36,37)/t14-/m0/s1. The number of aromatic amines is 1. The predicted octanol–water partition coefficient (Wildman–Crippen LogP) is 5.96. The first-order valence-electron chi connectivity index (χ1n) is 13.2. The second kappa shape index (κ2) is 12.2. The van der Waals surface area contributed by atoms with Gasteiger partial charge in [-0.15, -0.1) is 0 Å². The monoisotopic (exact) mass is 634 g/mol. The van der Waals surface area contributed by atoms with Crippen molar-refractivity contribution in [3.05, 3.63) is 76.7 Å². The summed E-state index contributed by atoms with van der Waals surface area (Å²) in [6, 6.07) is 5.51. The zero-order valence-corrected chi connectivity index (χ0v) is 24.5. The van der Waals surface area contributed by atoms with Crippen LogP contribution in [0.3, 0.4) is 0 Å². The number of alkyl carbamates (subject to hydrolysis) is 1. The molecule has 3 N–H and O–H groups in total. The van der Waals surface area contributed by atoms with Crippen molar-refractivity contribution in [1.82, 2.24) is 25.3 Å². The number of anilines is 1. The second-order valence-corrected chi connectivity index (χ2v) is 12.2. The molecule has 226 valence electrons. The number of aryl methyl sites for hydroxylation is 1. The molecule has 0 radical (unpaired) electrons. The second-order valence-electron chi connectivity index (χ2n) is 10.1. The SMILES string of the molecule is COC(=O)N[C@@H](C)CCc1nccc(-c2[nH]c(C3CC3)nc2-c2cc(Cl)cc(NS(=O)(=O)c3cc(F)cc(F)c3)c2F)n1. The lowest BCUT2D eigenvalue weighted by Gasteiger charge is -2.13. The molecule has 1 amide bonds. The fraction of sp³-hybridized carbons (Fsp3) is 0.286. The number of hydrogen-bond donors (Lipinski definition) is 3. The van der Waals surface area contributed by atoms with Crippen LogP contribution in [0.15, 0.2) is 47.5 Å². The summed E-state index contributed by atoms with van der Waals surface area (Å²) in [6.07, 6.45) is 3.70. The van der Waals surface area contributed by atoms with Crippen LogP contribution in [0.25, 0.3) is 22.6 Å². The highest BCUT2D eigenvalue weighted by molar-refractivity contribution is 7.92. The molecule has 15 heteroatoms. The molecule has 2 heterocycles. The first-order chi connectivity index (χ1) is 20.4. The lowest BCUT2D eigenvalue weighted by Crippen LogP contribution is -2.32. The van der Waals surface area contributed by atoms with E-state index < -0.39 is 44.2 Å². The van der Waals surface area contributed by atoms with Crippen molar-refractivity contribution in [2.75, 3.05) is 11.8 Å². The molecule has 0 spiro atoms. The minimum Gasteiger partial charge on any atom is -0.453 e. The summed E-state index contributed by atoms with van der Waals surface area (Å²) < 4.78 is 75.9. The van der Waals surface area contributed by atoms with Gasteiger partial charge < -0.3 is 15.0 Å². The van der Waals surface area contributed by atoms with Crippen LogP contribution >= 0.6 is 11.6 Å². The molecule has 1 fully saturated rings. The summed E-state index contributed by atoms with van der Waals surface area (Å²) in [4.78, 5) is 27.5. The van der Waals surface area contributed by atoms with Gasteiger partial charge in [0.25, 0.3) is 10.0 Å². The Morgan fingerprint density at radius 2 is 1.86 bits per heavy atom. The lowest BCUT2D eigenvalue weighted by atomic mass is 10.1. The van der Waals surface area contributed by atoms with Crippen molar-refractivity contribution in [2.24, 2.45) is 0 Å². The number of nitrogens with one attached hydrogen (secondary N) is 3. The number of H-pyrrole nitrogens is 1. The molecule has 1 aliphatic rings. The van der Waals surface area contributed by atoms with Crippen LogP contribution in [0.5, 0.6) is 0 Å². The third-order valence-electron chi connectivity index (χ3n) is 6.68. The van der Waals surface area contributed by atoms with Crippen LogP contribution in [0.4, 0.5) is 23.7 Å². The maximum atomic E-state index is 16.0. The van der Waals surface area contributed by atoms with Gasteiger partial charge in [0.1, 0.15) is 29.0 Å². The number of carbonyl (C=O) groups excluding carboxylic acids is 1. The molecular weight excluding hydrogens is 609 g/mol. The van der Waals surface area contributed by atoms with Crippen LogP contribution in [-0.2, 0) is 21.2 Å². The summed E-state index contributed by atoms with van der Waals surface area (Å²) in [5, 5.41) is 2.66. The quantitative estimate of drug-likeness (QED) is 0.196. The molecule has 0 aliphatic heterocycles. The van der Waals surface area contributed by atoms with E-state index >= 15 is 4.39 Å². The van der Waals surface area contributed by atoms with Crippen LogP contribution in [0.1, 0.15) is 43.8 Å². The number of ether oxygens (including phenoxy) is 1. The molecule has 1 atom stereocenters. The molecule has 1 saturated carbocycles. The van der Waals surface area contributed by atoms with Gasteiger partial charge in [-0.2, -0.15) is 0 Å². The van der Waals surface area contributed by atoms with E-state index in [1.165, 1.54) is 13.2 Å². The Kier molecular flexibility index (Phi) is 8.60. The summed E-state index contributed by atoms with van der Waals surface area (Å²) in [6.45, 7) is 1.81. The molecule has 5 rings (SSSR count). The van der Waals surface area contributed by atoms with Gasteiger partial charge in [-0.1, -0.05) is 11.6 Å². The average Bonchev–Trinajstić information content (AvgIpc) is 3.71. The van der Waals surface area contributed by atoms with Gasteiger partial charge >= 0.3 is 6.09 Å². The van der Waals surface area contributed by atoms with Crippen molar-refractivity contribution in [3.63, 3.8) is 0 Å². The maximum Gasteiger partial charge on any atom is 0.407 e. The van der Waals surface area contributed by atoms with Crippen molar-refractivity contribution in [1.29, 1.82) is 0 Å². The van der Waals surface area contributed by atoms with E-state index in [1.54, 1.807) is 12.3 Å². The zero-order chi connectivity index (χ0) is 30.9. The molecule has 2 aromatic heterocycles. The smallest absolute Gasteiger partial charge is 0.407 e. The molecule has 4 aromatic rings. The highest BCUT2D eigenvalue weighted by atomic mass is 35.5. The number of aromatic nitrogens is 4. The molecular formula is C28H26ClF3N6O4S. The fourth-order valence-electron chi connectivity index (χ4n) is 4.38. The molecule has 0 unspecified atom stereocenters. The van der Waals surface area contributed by atoms with E-state index in [9.17, 15) is 22.0 Å². The van der Waals surface area contributed by atoms with E-state index in [1.807, 2.05) is 11.6 Å². The number of hydrogen-bond acceptors (Lipinski definition) is 7. The van der Waals surface area contributed by atoms with Crippen LogP contribution in [0.2, 0.25) is 5.02 Å². The van der Waals surface area contributed by atoms with Crippen LogP contribution < -0.4 is 10.0 Å². The third-order valence-corrected chi connectivity index (χ3v) is 8.24. The van der Waals surface area contributed by atoms with Gasteiger partial charge in [0.2, 0.25) is 0 Å². The number of sulfonamides is 1. The Hall–Kier alpha value is -4.17. The molecule has 43 heavy (non-hydrogen) atoms. The first-order valence-corrected chi connectivity index (χ1v) is 15.0. The highest BCUT2D eigenvalue weighted by Gasteiger charge is 2.30. The molecule has 0 saturated heterocycles. The van der Waals surface area contributed by atoms with E-state index in [4.69, 9.17) is 11.6 Å². The average molecular weight is 635 g/mol. The van der Waals surface area contributed by atoms with E-state index in [-0.39, 0.29) is 28.2 Å². The number of benzene rings is 2. The minimum absolute atomic E-state index is 0.0167. The number of carbonyl (C=O) groups is 1. The van der Waals surface area contributed by atoms with Gasteiger partial charge in [0.15, 0.2) is 5.82 Å². The summed E-state index contributed by atoms with van der Waals surface area (Å²) in [7, 11) is -3.32. The zero-order valence-electron chi connectivity index (χ0n) is 22.9. The number of nitrogens with zero attached hydrogens (tertiary/aromatic N) is 3. The molecule has 10 nitrogen and oxygen atoms in total. The van der Waals surface area contributed by atoms with Gasteiger partial charge in [-0.25, -0.2) is 41.3 Å². The maximum absolute atomic E-state index is 16.0. The van der Waals surface area contributed by atoms with Gasteiger partial charge in [0, 0.05) is 41.2 Å².